The van der Waals surface area contributed by atoms with E-state index in [0.29, 0.717) is 12.0 Å². The molecular formula is C22H35N5O. The molecule has 6 nitrogen and oxygen atoms in total. The van der Waals surface area contributed by atoms with Gasteiger partial charge in [-0.1, -0.05) is 12.5 Å². The highest BCUT2D eigenvalue weighted by atomic mass is 16.5. The predicted octanol–water partition coefficient (Wildman–Crippen LogP) is 3.04. The normalized spacial score (nSPS) is 27.2. The van der Waals surface area contributed by atoms with E-state index in [1.165, 1.54) is 32.2 Å². The monoisotopic (exact) mass is 385 g/mol. The molecule has 1 aromatic rings. The summed E-state index contributed by atoms with van der Waals surface area (Å²) in [5.74, 6) is 2.10. The van der Waals surface area contributed by atoms with Crippen LogP contribution < -0.4 is 10.2 Å². The number of guanidine groups is 1. The Labute approximate surface area is 169 Å². The number of nitrogens with zero attached hydrogens (tertiary/aromatic N) is 4. The molecule has 6 heteroatoms. The van der Waals surface area contributed by atoms with Crippen LogP contribution in [0.3, 0.4) is 0 Å². The second kappa shape index (κ2) is 8.27. The van der Waals surface area contributed by atoms with Crippen LogP contribution in [0.2, 0.25) is 0 Å². The summed E-state index contributed by atoms with van der Waals surface area (Å²) in [6.07, 6.45) is 7.99. The number of likely N-dealkylation sites (tertiary alicyclic amines) is 1. The molecule has 2 aliphatic heterocycles. The molecule has 2 atom stereocenters. The van der Waals surface area contributed by atoms with Crippen molar-refractivity contribution in [2.24, 2.45) is 10.4 Å². The fourth-order valence-electron chi connectivity index (χ4n) is 4.86. The van der Waals surface area contributed by atoms with Gasteiger partial charge in [-0.3, -0.25) is 0 Å². The molecule has 0 amide bonds. The van der Waals surface area contributed by atoms with Gasteiger partial charge in [0.2, 0.25) is 0 Å². The van der Waals surface area contributed by atoms with Gasteiger partial charge >= 0.3 is 0 Å². The summed E-state index contributed by atoms with van der Waals surface area (Å²) >= 11 is 0. The van der Waals surface area contributed by atoms with Crippen LogP contribution in [0.15, 0.2) is 23.3 Å². The standard InChI is InChI=1S/C22H35N5O/c1-4-23-21(26-11-10-22(16-26)8-5-9-22)25-13-19-6-7-20(24-12-19)27-14-17(2)28-18(3)15-27/h6-7,12,17-18H,4-5,8-11,13-16H2,1-3H3,(H,23,25). The molecule has 1 N–H and O–H groups in total. The lowest BCUT2D eigenvalue weighted by Crippen LogP contribution is -2.45. The zero-order valence-corrected chi connectivity index (χ0v) is 17.7. The number of hydrogen-bond acceptors (Lipinski definition) is 4. The first-order valence-electron chi connectivity index (χ1n) is 11.0. The molecule has 28 heavy (non-hydrogen) atoms. The molecule has 1 aromatic heterocycles. The first-order chi connectivity index (χ1) is 13.6. The van der Waals surface area contributed by atoms with Crippen molar-refractivity contribution in [3.05, 3.63) is 23.9 Å². The minimum absolute atomic E-state index is 0.247. The van der Waals surface area contributed by atoms with Gasteiger partial charge in [-0.15, -0.1) is 0 Å². The van der Waals surface area contributed by atoms with Crippen LogP contribution in [0.5, 0.6) is 0 Å². The quantitative estimate of drug-likeness (QED) is 0.638. The van der Waals surface area contributed by atoms with Crippen LogP contribution in [0.4, 0.5) is 5.82 Å². The van der Waals surface area contributed by atoms with Crippen molar-refractivity contribution in [3.8, 4) is 0 Å². The minimum atomic E-state index is 0.247. The first kappa shape index (κ1) is 19.5. The van der Waals surface area contributed by atoms with Crippen molar-refractivity contribution in [2.75, 3.05) is 37.6 Å². The third-order valence-electron chi connectivity index (χ3n) is 6.45. The van der Waals surface area contributed by atoms with E-state index in [1.807, 2.05) is 6.20 Å². The Morgan fingerprint density at radius 2 is 2.04 bits per heavy atom. The number of rotatable bonds is 4. The van der Waals surface area contributed by atoms with Gasteiger partial charge in [-0.2, -0.15) is 0 Å². The Bertz CT molecular complexity index is 675. The molecule has 0 bridgehead atoms. The summed E-state index contributed by atoms with van der Waals surface area (Å²) in [6.45, 7) is 12.1. The maximum atomic E-state index is 5.83. The van der Waals surface area contributed by atoms with E-state index in [0.717, 1.165) is 43.5 Å². The summed E-state index contributed by atoms with van der Waals surface area (Å²) in [7, 11) is 0. The van der Waals surface area contributed by atoms with Gasteiger partial charge < -0.3 is 19.9 Å². The van der Waals surface area contributed by atoms with Gasteiger partial charge in [0.25, 0.3) is 0 Å². The van der Waals surface area contributed by atoms with Crippen molar-refractivity contribution < 1.29 is 4.74 Å². The van der Waals surface area contributed by atoms with Crippen molar-refractivity contribution in [2.45, 2.75) is 65.2 Å². The van der Waals surface area contributed by atoms with Gasteiger partial charge in [-0.25, -0.2) is 9.98 Å². The van der Waals surface area contributed by atoms with Crippen LogP contribution >= 0.6 is 0 Å². The molecule has 1 aliphatic carbocycles. The molecular weight excluding hydrogens is 350 g/mol. The molecule has 154 valence electrons. The van der Waals surface area contributed by atoms with Gasteiger partial charge in [0.1, 0.15) is 5.82 Å². The molecule has 3 heterocycles. The smallest absolute Gasteiger partial charge is 0.194 e. The molecule has 2 unspecified atom stereocenters. The molecule has 3 aliphatic rings. The van der Waals surface area contributed by atoms with Crippen molar-refractivity contribution in [1.82, 2.24) is 15.2 Å². The maximum absolute atomic E-state index is 5.83. The maximum Gasteiger partial charge on any atom is 0.194 e. The third-order valence-corrected chi connectivity index (χ3v) is 6.45. The summed E-state index contributed by atoms with van der Waals surface area (Å²) in [4.78, 5) is 14.4. The molecule has 0 radical (unpaired) electrons. The topological polar surface area (TPSA) is 53.0 Å². The molecule has 1 spiro atoms. The minimum Gasteiger partial charge on any atom is -0.372 e. The van der Waals surface area contributed by atoms with Gasteiger partial charge in [0.05, 0.1) is 18.8 Å². The Hall–Kier alpha value is -1.82. The highest BCUT2D eigenvalue weighted by Crippen LogP contribution is 2.47. The van der Waals surface area contributed by atoms with Crippen molar-refractivity contribution in [1.29, 1.82) is 0 Å². The van der Waals surface area contributed by atoms with Crippen molar-refractivity contribution in [3.63, 3.8) is 0 Å². The summed E-state index contributed by atoms with van der Waals surface area (Å²) < 4.78 is 5.83. The van der Waals surface area contributed by atoms with Crippen molar-refractivity contribution >= 4 is 11.8 Å². The average molecular weight is 386 g/mol. The van der Waals surface area contributed by atoms with Crippen LogP contribution in [-0.4, -0.2) is 60.8 Å². The highest BCUT2D eigenvalue weighted by Gasteiger charge is 2.43. The first-order valence-corrected chi connectivity index (χ1v) is 11.0. The van der Waals surface area contributed by atoms with Crippen LogP contribution in [-0.2, 0) is 11.3 Å². The van der Waals surface area contributed by atoms with Gasteiger partial charge in [0.15, 0.2) is 5.96 Å². The summed E-state index contributed by atoms with van der Waals surface area (Å²) in [6, 6.07) is 4.29. The van der Waals surface area contributed by atoms with Crippen LogP contribution in [0.1, 0.15) is 52.0 Å². The number of ether oxygens (including phenoxy) is 1. The van der Waals surface area contributed by atoms with E-state index < -0.39 is 0 Å². The van der Waals surface area contributed by atoms with E-state index in [4.69, 9.17) is 14.7 Å². The van der Waals surface area contributed by atoms with Crippen LogP contribution in [0.25, 0.3) is 0 Å². The van der Waals surface area contributed by atoms with E-state index in [-0.39, 0.29) is 12.2 Å². The average Bonchev–Trinajstić information content (AvgIpc) is 3.11. The molecule has 4 rings (SSSR count). The number of morpholine rings is 1. The van der Waals surface area contributed by atoms with Gasteiger partial charge in [0, 0.05) is 38.9 Å². The summed E-state index contributed by atoms with van der Waals surface area (Å²) in [5.41, 5.74) is 1.75. The SMILES string of the molecule is CCNC(=NCc1ccc(N2CC(C)OC(C)C2)nc1)N1CCC2(CCC2)C1. The zero-order valence-electron chi connectivity index (χ0n) is 17.7. The van der Waals surface area contributed by atoms with E-state index in [1.54, 1.807) is 0 Å². The Morgan fingerprint density at radius 3 is 2.61 bits per heavy atom. The Kier molecular flexibility index (Phi) is 5.76. The summed E-state index contributed by atoms with van der Waals surface area (Å²) in [5, 5.41) is 3.49. The molecule has 2 saturated heterocycles. The molecule has 1 saturated carbocycles. The van der Waals surface area contributed by atoms with Crippen LogP contribution in [0, 0.1) is 5.41 Å². The largest absolute Gasteiger partial charge is 0.372 e. The lowest BCUT2D eigenvalue weighted by atomic mass is 9.68. The van der Waals surface area contributed by atoms with E-state index >= 15 is 0 Å². The lowest BCUT2D eigenvalue weighted by Gasteiger charge is -2.38. The highest BCUT2D eigenvalue weighted by molar-refractivity contribution is 5.80. The number of aromatic nitrogens is 1. The van der Waals surface area contributed by atoms with Gasteiger partial charge in [-0.05, 0) is 57.1 Å². The number of aliphatic imine (C=N–C) groups is 1. The number of nitrogens with one attached hydrogen (secondary N) is 1. The third kappa shape index (κ3) is 4.27. The van der Waals surface area contributed by atoms with E-state index in [9.17, 15) is 0 Å². The fraction of sp³-hybridized carbons (Fsp3) is 0.727. The Morgan fingerprint density at radius 1 is 1.25 bits per heavy atom. The molecule has 0 aromatic carbocycles. The second-order valence-corrected chi connectivity index (χ2v) is 8.88. The predicted molar refractivity (Wildman–Crippen MR) is 114 cm³/mol. The fourth-order valence-corrected chi connectivity index (χ4v) is 4.86. The Balaban J connectivity index is 1.38. The number of pyridine rings is 1. The lowest BCUT2D eigenvalue weighted by molar-refractivity contribution is -0.00545. The number of anilines is 1. The second-order valence-electron chi connectivity index (χ2n) is 8.88. The molecule has 3 fully saturated rings. The zero-order chi connectivity index (χ0) is 19.6. The number of hydrogen-bond donors (Lipinski definition) is 1. The van der Waals surface area contributed by atoms with E-state index in [2.05, 4.69) is 48.0 Å².